The lowest BCUT2D eigenvalue weighted by atomic mass is 10.1. The Bertz CT molecular complexity index is 372. The molecule has 74 valence electrons. The Morgan fingerprint density at radius 1 is 1.64 bits per heavy atom. The fourth-order valence-electron chi connectivity index (χ4n) is 1.72. The summed E-state index contributed by atoms with van der Waals surface area (Å²) in [5.41, 5.74) is 2.00. The lowest BCUT2D eigenvalue weighted by molar-refractivity contribution is -0.137. The zero-order chi connectivity index (χ0) is 10.3. The number of hydrogen-bond acceptors (Lipinski definition) is 2. The van der Waals surface area contributed by atoms with Crippen LogP contribution in [0.15, 0.2) is 12.1 Å². The first-order valence-electron chi connectivity index (χ1n) is 4.37. The van der Waals surface area contributed by atoms with E-state index in [1.54, 1.807) is 6.07 Å². The summed E-state index contributed by atoms with van der Waals surface area (Å²) >= 11 is 0. The van der Waals surface area contributed by atoms with Gasteiger partial charge in [0.05, 0.1) is 0 Å². The first-order valence-corrected chi connectivity index (χ1v) is 4.37. The van der Waals surface area contributed by atoms with Crippen molar-refractivity contribution in [3.8, 4) is 0 Å². The van der Waals surface area contributed by atoms with Gasteiger partial charge in [-0.25, -0.2) is 9.18 Å². The van der Waals surface area contributed by atoms with Gasteiger partial charge < -0.3 is 10.4 Å². The molecule has 14 heavy (non-hydrogen) atoms. The maximum absolute atomic E-state index is 13.3. The van der Waals surface area contributed by atoms with Gasteiger partial charge in [-0.2, -0.15) is 0 Å². The van der Waals surface area contributed by atoms with Gasteiger partial charge in [0.1, 0.15) is 11.9 Å². The molecular formula is C10H10FNO2. The molecule has 1 aliphatic heterocycles. The SMILES string of the molecule is Cc1ccc(F)c2c1N[C@H](C(=O)O)C2. The summed E-state index contributed by atoms with van der Waals surface area (Å²) in [6.07, 6.45) is 0.220. The van der Waals surface area contributed by atoms with E-state index in [0.29, 0.717) is 11.3 Å². The van der Waals surface area contributed by atoms with E-state index in [4.69, 9.17) is 5.11 Å². The number of fused-ring (bicyclic) bond motifs is 1. The average Bonchev–Trinajstić information content (AvgIpc) is 2.57. The number of hydrogen-bond donors (Lipinski definition) is 2. The van der Waals surface area contributed by atoms with E-state index in [2.05, 4.69) is 5.32 Å². The molecule has 0 fully saturated rings. The molecule has 0 spiro atoms. The van der Waals surface area contributed by atoms with Crippen molar-refractivity contribution >= 4 is 11.7 Å². The number of benzene rings is 1. The highest BCUT2D eigenvalue weighted by atomic mass is 19.1. The monoisotopic (exact) mass is 195 g/mol. The maximum Gasteiger partial charge on any atom is 0.326 e. The maximum atomic E-state index is 13.3. The van der Waals surface area contributed by atoms with E-state index in [0.717, 1.165) is 5.56 Å². The number of rotatable bonds is 1. The van der Waals surface area contributed by atoms with Crippen LogP contribution in [0, 0.1) is 12.7 Å². The number of nitrogens with one attached hydrogen (secondary N) is 1. The zero-order valence-electron chi connectivity index (χ0n) is 7.67. The molecule has 0 radical (unpaired) electrons. The van der Waals surface area contributed by atoms with Crippen LogP contribution in [0.2, 0.25) is 0 Å². The van der Waals surface area contributed by atoms with Crippen molar-refractivity contribution in [3.63, 3.8) is 0 Å². The summed E-state index contributed by atoms with van der Waals surface area (Å²) in [6.45, 7) is 1.83. The number of anilines is 1. The Balaban J connectivity index is 2.43. The van der Waals surface area contributed by atoms with Gasteiger partial charge in [0.25, 0.3) is 0 Å². The van der Waals surface area contributed by atoms with Gasteiger partial charge in [-0.15, -0.1) is 0 Å². The third-order valence-electron chi connectivity index (χ3n) is 2.49. The third kappa shape index (κ3) is 1.23. The van der Waals surface area contributed by atoms with Gasteiger partial charge in [0.2, 0.25) is 0 Å². The molecule has 1 aliphatic rings. The molecule has 2 N–H and O–H groups in total. The van der Waals surface area contributed by atoms with Crippen LogP contribution in [0.25, 0.3) is 0 Å². The molecule has 4 heteroatoms. The minimum atomic E-state index is -0.944. The first kappa shape index (κ1) is 8.99. The van der Waals surface area contributed by atoms with Crippen molar-refractivity contribution in [2.75, 3.05) is 5.32 Å². The van der Waals surface area contributed by atoms with Crippen molar-refractivity contribution in [1.82, 2.24) is 0 Å². The summed E-state index contributed by atoms with van der Waals surface area (Å²) in [4.78, 5) is 10.7. The second-order valence-electron chi connectivity index (χ2n) is 3.46. The fourth-order valence-corrected chi connectivity index (χ4v) is 1.72. The molecular weight excluding hydrogens is 185 g/mol. The van der Waals surface area contributed by atoms with Gasteiger partial charge in [-0.1, -0.05) is 6.07 Å². The summed E-state index contributed by atoms with van der Waals surface area (Å²) in [5, 5.41) is 11.6. The molecule has 1 heterocycles. The van der Waals surface area contributed by atoms with Crippen molar-refractivity contribution in [1.29, 1.82) is 0 Å². The number of halogens is 1. The van der Waals surface area contributed by atoms with Crippen molar-refractivity contribution in [2.24, 2.45) is 0 Å². The fraction of sp³-hybridized carbons (Fsp3) is 0.300. The number of aryl methyl sites for hydroxylation is 1. The van der Waals surface area contributed by atoms with Crippen LogP contribution >= 0.6 is 0 Å². The third-order valence-corrected chi connectivity index (χ3v) is 2.49. The highest BCUT2D eigenvalue weighted by Crippen LogP contribution is 2.31. The van der Waals surface area contributed by atoms with Gasteiger partial charge >= 0.3 is 5.97 Å². The molecule has 0 unspecified atom stereocenters. The molecule has 1 aromatic rings. The predicted octanol–water partition coefficient (Wildman–Crippen LogP) is 1.56. The van der Waals surface area contributed by atoms with Crippen LogP contribution in [-0.4, -0.2) is 17.1 Å². The number of aliphatic carboxylic acids is 1. The normalized spacial score (nSPS) is 18.9. The second kappa shape index (κ2) is 2.97. The van der Waals surface area contributed by atoms with Gasteiger partial charge in [-0.3, -0.25) is 0 Å². The minimum absolute atomic E-state index is 0.220. The average molecular weight is 195 g/mol. The van der Waals surface area contributed by atoms with Gasteiger partial charge in [-0.05, 0) is 18.6 Å². The molecule has 2 rings (SSSR count). The lowest BCUT2D eigenvalue weighted by Crippen LogP contribution is -2.26. The van der Waals surface area contributed by atoms with E-state index in [9.17, 15) is 9.18 Å². The number of carbonyl (C=O) groups is 1. The van der Waals surface area contributed by atoms with Crippen LogP contribution in [0.1, 0.15) is 11.1 Å². The largest absolute Gasteiger partial charge is 0.480 e. The van der Waals surface area contributed by atoms with Crippen LogP contribution < -0.4 is 5.32 Å². The van der Waals surface area contributed by atoms with Crippen molar-refractivity contribution in [2.45, 2.75) is 19.4 Å². The van der Waals surface area contributed by atoms with Crippen LogP contribution in [0.3, 0.4) is 0 Å². The summed E-state index contributed by atoms with van der Waals surface area (Å²) < 4.78 is 13.3. The number of carboxylic acid groups (broad SMARTS) is 1. The summed E-state index contributed by atoms with van der Waals surface area (Å²) in [7, 11) is 0. The Kier molecular flexibility index (Phi) is 1.91. The van der Waals surface area contributed by atoms with Gasteiger partial charge in [0.15, 0.2) is 0 Å². The van der Waals surface area contributed by atoms with E-state index >= 15 is 0 Å². The van der Waals surface area contributed by atoms with Crippen LogP contribution in [0.4, 0.5) is 10.1 Å². The standard InChI is InChI=1S/C10H10FNO2/c1-5-2-3-7(11)6-4-8(10(13)14)12-9(5)6/h2-3,8,12H,4H2,1H3,(H,13,14)/t8-/m0/s1. The highest BCUT2D eigenvalue weighted by molar-refractivity contribution is 5.82. The quantitative estimate of drug-likeness (QED) is 0.714. The Hall–Kier alpha value is -1.58. The summed E-state index contributed by atoms with van der Waals surface area (Å²) in [6, 6.07) is 2.33. The van der Waals surface area contributed by atoms with Crippen LogP contribution in [0.5, 0.6) is 0 Å². The molecule has 0 amide bonds. The highest BCUT2D eigenvalue weighted by Gasteiger charge is 2.29. The molecule has 1 aromatic carbocycles. The second-order valence-corrected chi connectivity index (χ2v) is 3.46. The molecule has 0 saturated carbocycles. The Morgan fingerprint density at radius 2 is 2.36 bits per heavy atom. The Labute approximate surface area is 80.6 Å². The van der Waals surface area contributed by atoms with Gasteiger partial charge in [0, 0.05) is 17.7 Å². The lowest BCUT2D eigenvalue weighted by Gasteiger charge is -2.06. The molecule has 1 atom stereocenters. The minimum Gasteiger partial charge on any atom is -0.480 e. The topological polar surface area (TPSA) is 49.3 Å². The Morgan fingerprint density at radius 3 is 2.93 bits per heavy atom. The molecule has 0 bridgehead atoms. The van der Waals surface area contributed by atoms with E-state index < -0.39 is 12.0 Å². The van der Waals surface area contributed by atoms with E-state index in [1.165, 1.54) is 6.07 Å². The van der Waals surface area contributed by atoms with Crippen molar-refractivity contribution in [3.05, 3.63) is 29.1 Å². The first-order chi connectivity index (χ1) is 6.59. The zero-order valence-corrected chi connectivity index (χ0v) is 7.67. The van der Waals surface area contributed by atoms with E-state index in [1.807, 2.05) is 6.92 Å². The molecule has 3 nitrogen and oxygen atoms in total. The molecule has 0 saturated heterocycles. The molecule has 0 aliphatic carbocycles. The van der Waals surface area contributed by atoms with Crippen molar-refractivity contribution < 1.29 is 14.3 Å². The van der Waals surface area contributed by atoms with E-state index in [-0.39, 0.29) is 12.2 Å². The number of carboxylic acids is 1. The predicted molar refractivity (Wildman–Crippen MR) is 49.9 cm³/mol. The smallest absolute Gasteiger partial charge is 0.326 e. The molecule has 0 aromatic heterocycles. The van der Waals surface area contributed by atoms with Crippen LogP contribution in [-0.2, 0) is 11.2 Å². The summed E-state index contributed by atoms with van der Waals surface area (Å²) in [5.74, 6) is -1.28.